The van der Waals surface area contributed by atoms with Crippen LogP contribution < -0.4 is 10.6 Å². The standard InChI is InChI=1S/C25H30N2O5S/c1-33-15-13-22(24(29)30)27-23(28)12-6-7-14-26-25(31)32-16-21-19-10-4-2-8-17(19)18-9-3-5-11-20(18)21/h2-5,8-11,21-22H,6-7,12-16H2,1H3,(H,26,31)(H,27,28)(H,29,30)/t22-/m1/s1. The number of thioether (sulfide) groups is 1. The Morgan fingerprint density at radius 1 is 1.03 bits per heavy atom. The maximum absolute atomic E-state index is 12.2. The molecule has 0 radical (unpaired) electrons. The van der Waals surface area contributed by atoms with Gasteiger partial charge in [0.05, 0.1) is 0 Å². The first-order valence-corrected chi connectivity index (χ1v) is 12.5. The number of rotatable bonds is 12. The predicted molar refractivity (Wildman–Crippen MR) is 129 cm³/mol. The third kappa shape index (κ3) is 6.74. The molecule has 0 fully saturated rings. The van der Waals surface area contributed by atoms with Crippen molar-refractivity contribution in [1.82, 2.24) is 10.6 Å². The number of alkyl carbamates (subject to hydrolysis) is 1. The molecular weight excluding hydrogens is 440 g/mol. The first-order chi connectivity index (χ1) is 16.0. The summed E-state index contributed by atoms with van der Waals surface area (Å²) in [7, 11) is 0. The van der Waals surface area contributed by atoms with Crippen molar-refractivity contribution in [3.63, 3.8) is 0 Å². The van der Waals surface area contributed by atoms with Crippen LogP contribution in [0.5, 0.6) is 0 Å². The van der Waals surface area contributed by atoms with E-state index in [0.717, 1.165) is 11.1 Å². The zero-order valence-electron chi connectivity index (χ0n) is 18.7. The fraction of sp³-hybridized carbons (Fsp3) is 0.400. The second-order valence-electron chi connectivity index (χ2n) is 7.95. The van der Waals surface area contributed by atoms with Gasteiger partial charge in [-0.25, -0.2) is 9.59 Å². The van der Waals surface area contributed by atoms with E-state index in [4.69, 9.17) is 4.74 Å². The van der Waals surface area contributed by atoms with Gasteiger partial charge < -0.3 is 20.5 Å². The molecule has 2 aromatic rings. The van der Waals surface area contributed by atoms with Crippen molar-refractivity contribution in [2.24, 2.45) is 0 Å². The number of fused-ring (bicyclic) bond motifs is 3. The monoisotopic (exact) mass is 470 g/mol. The summed E-state index contributed by atoms with van der Waals surface area (Å²) in [6, 6.07) is 15.5. The van der Waals surface area contributed by atoms with E-state index >= 15 is 0 Å². The average Bonchev–Trinajstić information content (AvgIpc) is 3.13. The number of hydrogen-bond acceptors (Lipinski definition) is 5. The van der Waals surface area contributed by atoms with E-state index < -0.39 is 18.1 Å². The highest BCUT2D eigenvalue weighted by Gasteiger charge is 2.29. The van der Waals surface area contributed by atoms with Crippen LogP contribution in [0.4, 0.5) is 4.79 Å². The van der Waals surface area contributed by atoms with Crippen molar-refractivity contribution < 1.29 is 24.2 Å². The van der Waals surface area contributed by atoms with Crippen molar-refractivity contribution >= 4 is 29.7 Å². The molecule has 2 aromatic carbocycles. The summed E-state index contributed by atoms with van der Waals surface area (Å²) in [6.45, 7) is 0.647. The maximum Gasteiger partial charge on any atom is 0.407 e. The molecule has 3 N–H and O–H groups in total. The summed E-state index contributed by atoms with van der Waals surface area (Å²) in [4.78, 5) is 35.3. The molecule has 0 saturated carbocycles. The number of carbonyl (C=O) groups is 3. The van der Waals surface area contributed by atoms with Crippen molar-refractivity contribution in [1.29, 1.82) is 0 Å². The SMILES string of the molecule is CSCC[C@@H](NC(=O)CCCCNC(=O)OCC1c2ccccc2-c2ccccc21)C(=O)O. The minimum Gasteiger partial charge on any atom is -0.480 e. The van der Waals surface area contributed by atoms with E-state index in [0.29, 0.717) is 31.6 Å². The smallest absolute Gasteiger partial charge is 0.407 e. The Morgan fingerprint density at radius 3 is 2.27 bits per heavy atom. The lowest BCUT2D eigenvalue weighted by atomic mass is 9.98. The Hall–Kier alpha value is -3.00. The molecule has 0 spiro atoms. The largest absolute Gasteiger partial charge is 0.480 e. The van der Waals surface area contributed by atoms with Gasteiger partial charge >= 0.3 is 12.1 Å². The average molecular weight is 471 g/mol. The fourth-order valence-corrected chi connectivity index (χ4v) is 4.48. The van der Waals surface area contributed by atoms with Crippen LogP contribution in [-0.4, -0.2) is 54.3 Å². The minimum absolute atomic E-state index is 0.0140. The number of nitrogens with one attached hydrogen (secondary N) is 2. The normalized spacial score (nSPS) is 13.0. The number of hydrogen-bond donors (Lipinski definition) is 3. The molecule has 1 aliphatic rings. The summed E-state index contributed by atoms with van der Waals surface area (Å²) in [5.74, 6) is -0.625. The molecule has 0 aliphatic heterocycles. The molecule has 8 heteroatoms. The molecular formula is C25H30N2O5S. The van der Waals surface area contributed by atoms with Gasteiger partial charge in [-0.05, 0) is 53.5 Å². The number of carbonyl (C=O) groups excluding carboxylic acids is 2. The van der Waals surface area contributed by atoms with E-state index in [9.17, 15) is 19.5 Å². The molecule has 1 atom stereocenters. The second kappa shape index (κ2) is 12.3. The van der Waals surface area contributed by atoms with Gasteiger partial charge in [0.1, 0.15) is 12.6 Å². The van der Waals surface area contributed by atoms with Crippen LogP contribution in [0.3, 0.4) is 0 Å². The van der Waals surface area contributed by atoms with Gasteiger partial charge in [-0.2, -0.15) is 11.8 Å². The molecule has 0 heterocycles. The highest BCUT2D eigenvalue weighted by molar-refractivity contribution is 7.98. The van der Waals surface area contributed by atoms with Crippen LogP contribution in [-0.2, 0) is 14.3 Å². The van der Waals surface area contributed by atoms with Crippen molar-refractivity contribution in [3.05, 3.63) is 59.7 Å². The Kier molecular flexibility index (Phi) is 9.18. The van der Waals surface area contributed by atoms with Crippen molar-refractivity contribution in [2.75, 3.05) is 25.2 Å². The number of unbranched alkanes of at least 4 members (excludes halogenated alkanes) is 1. The molecule has 3 rings (SSSR count). The fourth-order valence-electron chi connectivity index (χ4n) is 4.01. The van der Waals surface area contributed by atoms with Gasteiger partial charge in [0.2, 0.25) is 5.91 Å². The highest BCUT2D eigenvalue weighted by Crippen LogP contribution is 2.44. The summed E-state index contributed by atoms with van der Waals surface area (Å²) < 4.78 is 5.49. The van der Waals surface area contributed by atoms with Crippen LogP contribution in [0, 0.1) is 0 Å². The zero-order chi connectivity index (χ0) is 23.6. The Balaban J connectivity index is 1.36. The summed E-state index contributed by atoms with van der Waals surface area (Å²) in [5.41, 5.74) is 4.68. The number of amides is 2. The number of carboxylic acid groups (broad SMARTS) is 1. The molecule has 7 nitrogen and oxygen atoms in total. The van der Waals surface area contributed by atoms with Crippen LogP contribution in [0.15, 0.2) is 48.5 Å². The van der Waals surface area contributed by atoms with Gasteiger partial charge in [-0.1, -0.05) is 48.5 Å². The number of ether oxygens (including phenoxy) is 1. The lowest BCUT2D eigenvalue weighted by Gasteiger charge is -2.15. The Morgan fingerprint density at radius 2 is 1.67 bits per heavy atom. The molecule has 33 heavy (non-hydrogen) atoms. The second-order valence-corrected chi connectivity index (χ2v) is 8.93. The van der Waals surface area contributed by atoms with Gasteiger partial charge in [0, 0.05) is 18.9 Å². The topological polar surface area (TPSA) is 105 Å². The Labute approximate surface area is 198 Å². The summed E-state index contributed by atoms with van der Waals surface area (Å²) in [6.07, 6.45) is 3.17. The molecule has 1 aliphatic carbocycles. The molecule has 176 valence electrons. The van der Waals surface area contributed by atoms with E-state index in [2.05, 4.69) is 34.9 Å². The van der Waals surface area contributed by atoms with Crippen LogP contribution in [0.1, 0.15) is 42.7 Å². The summed E-state index contributed by atoms with van der Waals surface area (Å²) in [5, 5.41) is 14.5. The lowest BCUT2D eigenvalue weighted by molar-refractivity contribution is -0.141. The molecule has 0 saturated heterocycles. The van der Waals surface area contributed by atoms with E-state index in [1.807, 2.05) is 30.5 Å². The first-order valence-electron chi connectivity index (χ1n) is 11.1. The van der Waals surface area contributed by atoms with Crippen LogP contribution in [0.25, 0.3) is 11.1 Å². The Bertz CT molecular complexity index is 935. The van der Waals surface area contributed by atoms with E-state index in [-0.39, 0.29) is 24.9 Å². The number of carboxylic acids is 1. The minimum atomic E-state index is -1.02. The molecule has 0 unspecified atom stereocenters. The van der Waals surface area contributed by atoms with Crippen molar-refractivity contribution in [3.8, 4) is 11.1 Å². The highest BCUT2D eigenvalue weighted by atomic mass is 32.2. The van der Waals surface area contributed by atoms with Crippen LogP contribution in [0.2, 0.25) is 0 Å². The third-order valence-electron chi connectivity index (χ3n) is 5.69. The van der Waals surface area contributed by atoms with Gasteiger partial charge in [-0.15, -0.1) is 0 Å². The molecule has 0 bridgehead atoms. The zero-order valence-corrected chi connectivity index (χ0v) is 19.5. The van der Waals surface area contributed by atoms with E-state index in [1.54, 1.807) is 11.8 Å². The number of aliphatic carboxylic acids is 1. The van der Waals surface area contributed by atoms with Gasteiger partial charge in [0.25, 0.3) is 0 Å². The van der Waals surface area contributed by atoms with E-state index in [1.165, 1.54) is 11.1 Å². The van der Waals surface area contributed by atoms with Crippen LogP contribution >= 0.6 is 11.8 Å². The first kappa shape index (κ1) is 24.6. The van der Waals surface area contributed by atoms with Crippen molar-refractivity contribution in [2.45, 2.75) is 37.6 Å². The quantitative estimate of drug-likeness (QED) is 0.405. The molecule has 0 aromatic heterocycles. The number of benzene rings is 2. The lowest BCUT2D eigenvalue weighted by Crippen LogP contribution is -2.41. The van der Waals surface area contributed by atoms with Gasteiger partial charge in [-0.3, -0.25) is 4.79 Å². The third-order valence-corrected chi connectivity index (χ3v) is 6.33. The molecule has 2 amide bonds. The van der Waals surface area contributed by atoms with Gasteiger partial charge in [0.15, 0.2) is 0 Å². The maximum atomic E-state index is 12.2. The summed E-state index contributed by atoms with van der Waals surface area (Å²) >= 11 is 1.54. The predicted octanol–water partition coefficient (Wildman–Crippen LogP) is 4.02.